The lowest BCUT2D eigenvalue weighted by molar-refractivity contribution is 0.0632. The summed E-state index contributed by atoms with van der Waals surface area (Å²) in [6, 6.07) is 13.9. The molecule has 3 heterocycles. The zero-order valence-corrected chi connectivity index (χ0v) is 17.5. The van der Waals surface area contributed by atoms with Gasteiger partial charge in [-0.25, -0.2) is 9.37 Å². The number of hydrogen-bond donors (Lipinski definition) is 0. The summed E-state index contributed by atoms with van der Waals surface area (Å²) in [7, 11) is 0. The van der Waals surface area contributed by atoms with Gasteiger partial charge in [0.05, 0.1) is 0 Å². The van der Waals surface area contributed by atoms with E-state index in [-0.39, 0.29) is 17.6 Å². The molecule has 2 aromatic heterocycles. The van der Waals surface area contributed by atoms with Crippen molar-refractivity contribution in [3.8, 4) is 11.1 Å². The number of carbonyl (C=O) groups excluding carboxylic acids is 2. The van der Waals surface area contributed by atoms with Crippen LogP contribution in [0.15, 0.2) is 66.3 Å². The molecule has 0 radical (unpaired) electrons. The Hall–Kier alpha value is -3.32. The maximum absolute atomic E-state index is 14.7. The van der Waals surface area contributed by atoms with Crippen molar-refractivity contribution in [1.82, 2.24) is 14.3 Å². The van der Waals surface area contributed by atoms with Crippen LogP contribution in [0.1, 0.15) is 33.7 Å². The van der Waals surface area contributed by atoms with Gasteiger partial charge in [0, 0.05) is 47.9 Å². The lowest BCUT2D eigenvalue weighted by Crippen LogP contribution is -2.42. The molecule has 0 N–H and O–H groups in total. The fraction of sp³-hybridized carbons (Fsp3) is 0.208. The molecule has 0 bridgehead atoms. The average Bonchev–Trinajstić information content (AvgIpc) is 3.41. The van der Waals surface area contributed by atoms with Crippen LogP contribution < -0.4 is 0 Å². The summed E-state index contributed by atoms with van der Waals surface area (Å²) >= 11 is 1.47. The van der Waals surface area contributed by atoms with E-state index in [0.29, 0.717) is 36.3 Å². The second-order valence-electron chi connectivity index (χ2n) is 7.73. The molecule has 7 heteroatoms. The highest BCUT2D eigenvalue weighted by Gasteiger charge is 2.30. The standard InChI is InChI=1S/C24H20FN3O2S/c25-20-13-17(8-9-19(20)16-5-2-1-3-6-16)22(29)18-7-4-10-27(14-18)23(30)21-15-28-11-12-31-24(28)26-21/h1-3,5-6,8-9,11-13,15,18H,4,7,10,14H2. The minimum absolute atomic E-state index is 0.123. The van der Waals surface area contributed by atoms with E-state index in [1.165, 1.54) is 17.4 Å². The van der Waals surface area contributed by atoms with Crippen molar-refractivity contribution in [3.63, 3.8) is 0 Å². The fourth-order valence-corrected chi connectivity index (χ4v) is 4.82. The molecule has 1 atom stereocenters. The predicted molar refractivity (Wildman–Crippen MR) is 118 cm³/mol. The van der Waals surface area contributed by atoms with Crippen LogP contribution in [0.25, 0.3) is 16.1 Å². The maximum Gasteiger partial charge on any atom is 0.274 e. The second-order valence-corrected chi connectivity index (χ2v) is 8.61. The number of rotatable bonds is 4. The highest BCUT2D eigenvalue weighted by Crippen LogP contribution is 2.27. The van der Waals surface area contributed by atoms with Gasteiger partial charge >= 0.3 is 0 Å². The van der Waals surface area contributed by atoms with E-state index in [4.69, 9.17) is 0 Å². The molecule has 156 valence electrons. The van der Waals surface area contributed by atoms with Gasteiger partial charge < -0.3 is 4.90 Å². The lowest BCUT2D eigenvalue weighted by atomic mass is 9.89. The minimum Gasteiger partial charge on any atom is -0.337 e. The highest BCUT2D eigenvalue weighted by molar-refractivity contribution is 7.15. The van der Waals surface area contributed by atoms with Crippen LogP contribution in [0.4, 0.5) is 4.39 Å². The Morgan fingerprint density at radius 3 is 2.74 bits per heavy atom. The number of carbonyl (C=O) groups is 2. The van der Waals surface area contributed by atoms with Gasteiger partial charge in [-0.2, -0.15) is 0 Å². The number of fused-ring (bicyclic) bond motifs is 1. The van der Waals surface area contributed by atoms with Gasteiger partial charge in [-0.3, -0.25) is 14.0 Å². The van der Waals surface area contributed by atoms with Gasteiger partial charge in [-0.05, 0) is 24.5 Å². The first-order valence-corrected chi connectivity index (χ1v) is 11.1. The van der Waals surface area contributed by atoms with Crippen molar-refractivity contribution in [2.75, 3.05) is 13.1 Å². The molecule has 4 aromatic rings. The number of imidazole rings is 1. The summed E-state index contributed by atoms with van der Waals surface area (Å²) in [5.41, 5.74) is 1.97. The second kappa shape index (κ2) is 8.07. The van der Waals surface area contributed by atoms with Crippen molar-refractivity contribution < 1.29 is 14.0 Å². The number of halogens is 1. The molecule has 2 aromatic carbocycles. The zero-order valence-electron chi connectivity index (χ0n) is 16.7. The Kier molecular flexibility index (Phi) is 5.11. The van der Waals surface area contributed by atoms with Gasteiger partial charge in [-0.15, -0.1) is 11.3 Å². The Morgan fingerprint density at radius 1 is 1.13 bits per heavy atom. The van der Waals surface area contributed by atoms with Gasteiger partial charge in [0.15, 0.2) is 10.7 Å². The van der Waals surface area contributed by atoms with E-state index in [9.17, 15) is 14.0 Å². The number of nitrogens with zero attached hydrogens (tertiary/aromatic N) is 3. The third-order valence-electron chi connectivity index (χ3n) is 5.73. The first-order chi connectivity index (χ1) is 15.1. The Bertz CT molecular complexity index is 1240. The Morgan fingerprint density at radius 2 is 1.97 bits per heavy atom. The number of ketones is 1. The minimum atomic E-state index is -0.418. The molecule has 31 heavy (non-hydrogen) atoms. The van der Waals surface area contributed by atoms with E-state index < -0.39 is 5.82 Å². The molecule has 5 rings (SSSR count). The van der Waals surface area contributed by atoms with Crippen LogP contribution in [0.3, 0.4) is 0 Å². The average molecular weight is 434 g/mol. The van der Waals surface area contributed by atoms with Gasteiger partial charge in [0.25, 0.3) is 5.91 Å². The summed E-state index contributed by atoms with van der Waals surface area (Å²) < 4.78 is 16.6. The van der Waals surface area contributed by atoms with Crippen LogP contribution in [0.5, 0.6) is 0 Å². The normalized spacial score (nSPS) is 16.5. The van der Waals surface area contributed by atoms with Crippen LogP contribution >= 0.6 is 11.3 Å². The Balaban J connectivity index is 1.33. The monoisotopic (exact) mass is 433 g/mol. The van der Waals surface area contributed by atoms with E-state index in [0.717, 1.165) is 16.9 Å². The summed E-state index contributed by atoms with van der Waals surface area (Å²) in [5, 5.41) is 1.91. The molecule has 1 unspecified atom stereocenters. The molecule has 0 spiro atoms. The van der Waals surface area contributed by atoms with Gasteiger partial charge in [-0.1, -0.05) is 42.5 Å². The van der Waals surface area contributed by atoms with E-state index in [2.05, 4.69) is 4.98 Å². The largest absolute Gasteiger partial charge is 0.337 e. The molecule has 5 nitrogen and oxygen atoms in total. The zero-order chi connectivity index (χ0) is 21.4. The predicted octanol–water partition coefficient (Wildman–Crippen LogP) is 4.94. The molecule has 0 saturated carbocycles. The molecular weight excluding hydrogens is 413 g/mol. The van der Waals surface area contributed by atoms with E-state index in [1.54, 1.807) is 23.2 Å². The van der Waals surface area contributed by atoms with Gasteiger partial charge in [0.1, 0.15) is 11.5 Å². The molecule has 0 aliphatic carbocycles. The van der Waals surface area contributed by atoms with E-state index >= 15 is 0 Å². The smallest absolute Gasteiger partial charge is 0.274 e. The van der Waals surface area contributed by atoms with Crippen molar-refractivity contribution in [3.05, 3.63) is 83.4 Å². The maximum atomic E-state index is 14.7. The number of hydrogen-bond acceptors (Lipinski definition) is 4. The fourth-order valence-electron chi connectivity index (χ4n) is 4.12. The van der Waals surface area contributed by atoms with Crippen LogP contribution in [0.2, 0.25) is 0 Å². The van der Waals surface area contributed by atoms with Crippen molar-refractivity contribution in [2.24, 2.45) is 5.92 Å². The Labute approximate surface area is 182 Å². The van der Waals surface area contributed by atoms with Crippen LogP contribution in [0, 0.1) is 11.7 Å². The number of Topliss-reactive ketones (excluding diaryl/α,β-unsaturated/α-hetero) is 1. The lowest BCUT2D eigenvalue weighted by Gasteiger charge is -2.31. The van der Waals surface area contributed by atoms with Crippen molar-refractivity contribution in [1.29, 1.82) is 0 Å². The number of benzene rings is 2. The molecule has 1 aliphatic heterocycles. The van der Waals surface area contributed by atoms with Gasteiger partial charge in [0.2, 0.25) is 0 Å². The van der Waals surface area contributed by atoms with Crippen LogP contribution in [-0.4, -0.2) is 39.1 Å². The first kappa shape index (κ1) is 19.6. The summed E-state index contributed by atoms with van der Waals surface area (Å²) in [6.07, 6.45) is 5.00. The first-order valence-electron chi connectivity index (χ1n) is 10.2. The number of amides is 1. The van der Waals surface area contributed by atoms with Crippen LogP contribution in [-0.2, 0) is 0 Å². The third-order valence-corrected chi connectivity index (χ3v) is 6.50. The van der Waals surface area contributed by atoms with E-state index in [1.807, 2.05) is 46.3 Å². The third kappa shape index (κ3) is 3.77. The topological polar surface area (TPSA) is 54.7 Å². The molecule has 1 aliphatic rings. The number of likely N-dealkylation sites (tertiary alicyclic amines) is 1. The molecule has 1 amide bonds. The van der Waals surface area contributed by atoms with Crippen molar-refractivity contribution >= 4 is 28.0 Å². The summed E-state index contributed by atoms with van der Waals surface area (Å²) in [5.74, 6) is -1.05. The SMILES string of the molecule is O=C(c1ccc(-c2ccccc2)c(F)c1)C1CCCN(C(=O)c2cn3ccsc3n2)C1. The number of aromatic nitrogens is 2. The summed E-state index contributed by atoms with van der Waals surface area (Å²) in [4.78, 5) is 32.8. The quantitative estimate of drug-likeness (QED) is 0.429. The highest BCUT2D eigenvalue weighted by atomic mass is 32.1. The molecule has 1 fully saturated rings. The molecule has 1 saturated heterocycles. The number of thiazole rings is 1. The summed E-state index contributed by atoms with van der Waals surface area (Å²) in [6.45, 7) is 0.917. The molecular formula is C24H20FN3O2S. The van der Waals surface area contributed by atoms with Crippen molar-refractivity contribution in [2.45, 2.75) is 12.8 Å². The number of piperidine rings is 1.